The van der Waals surface area contributed by atoms with Crippen molar-refractivity contribution in [1.29, 1.82) is 0 Å². The van der Waals surface area contributed by atoms with Crippen LogP contribution in [0, 0.1) is 0 Å². The SMILES string of the molecule is O=C(NCc1csc(-c2ccccc2)n1)c1ccc(N2CCCCC2)nn1. The van der Waals surface area contributed by atoms with E-state index < -0.39 is 0 Å². The summed E-state index contributed by atoms with van der Waals surface area (Å²) in [6, 6.07) is 13.6. The minimum atomic E-state index is -0.234. The summed E-state index contributed by atoms with van der Waals surface area (Å²) < 4.78 is 0. The maximum Gasteiger partial charge on any atom is 0.272 e. The highest BCUT2D eigenvalue weighted by Crippen LogP contribution is 2.23. The topological polar surface area (TPSA) is 71.0 Å². The van der Waals surface area contributed by atoms with Gasteiger partial charge in [-0.05, 0) is 31.4 Å². The molecule has 0 spiro atoms. The van der Waals surface area contributed by atoms with E-state index in [0.717, 1.165) is 35.2 Å². The lowest BCUT2D eigenvalue weighted by Crippen LogP contribution is -2.31. The highest BCUT2D eigenvalue weighted by Gasteiger charge is 2.14. The number of hydrogen-bond donors (Lipinski definition) is 1. The zero-order valence-corrected chi connectivity index (χ0v) is 15.8. The summed E-state index contributed by atoms with van der Waals surface area (Å²) in [5, 5.41) is 14.1. The molecule has 1 aliphatic heterocycles. The summed E-state index contributed by atoms with van der Waals surface area (Å²) in [4.78, 5) is 19.1. The number of nitrogens with one attached hydrogen (secondary N) is 1. The minimum Gasteiger partial charge on any atom is -0.355 e. The predicted molar refractivity (Wildman–Crippen MR) is 107 cm³/mol. The van der Waals surface area contributed by atoms with E-state index in [-0.39, 0.29) is 5.91 Å². The number of aromatic nitrogens is 3. The van der Waals surface area contributed by atoms with Crippen molar-refractivity contribution in [3.63, 3.8) is 0 Å². The van der Waals surface area contributed by atoms with Crippen LogP contribution in [-0.2, 0) is 6.54 Å². The second-order valence-electron chi connectivity index (χ2n) is 6.52. The van der Waals surface area contributed by atoms with Crippen LogP contribution in [0.2, 0.25) is 0 Å². The second-order valence-corrected chi connectivity index (χ2v) is 7.38. The van der Waals surface area contributed by atoms with Gasteiger partial charge in [0.2, 0.25) is 0 Å². The lowest BCUT2D eigenvalue weighted by molar-refractivity contribution is 0.0944. The van der Waals surface area contributed by atoms with Crippen LogP contribution in [0.15, 0.2) is 47.8 Å². The summed E-state index contributed by atoms with van der Waals surface area (Å²) in [7, 11) is 0. The molecular formula is C20H21N5OS. The Morgan fingerprint density at radius 2 is 1.85 bits per heavy atom. The largest absolute Gasteiger partial charge is 0.355 e. The summed E-state index contributed by atoms with van der Waals surface area (Å²) >= 11 is 1.57. The van der Waals surface area contributed by atoms with Crippen molar-refractivity contribution in [3.05, 3.63) is 59.2 Å². The Hall–Kier alpha value is -2.80. The molecule has 1 amide bonds. The van der Waals surface area contributed by atoms with Crippen molar-refractivity contribution in [2.24, 2.45) is 0 Å². The number of nitrogens with zero attached hydrogens (tertiary/aromatic N) is 4. The van der Waals surface area contributed by atoms with Crippen molar-refractivity contribution in [3.8, 4) is 10.6 Å². The summed E-state index contributed by atoms with van der Waals surface area (Å²) in [6.45, 7) is 2.39. The van der Waals surface area contributed by atoms with Gasteiger partial charge in [-0.3, -0.25) is 4.79 Å². The highest BCUT2D eigenvalue weighted by molar-refractivity contribution is 7.13. The maximum atomic E-state index is 12.3. The van der Waals surface area contributed by atoms with Crippen molar-refractivity contribution in [2.45, 2.75) is 25.8 Å². The fraction of sp³-hybridized carbons (Fsp3) is 0.300. The van der Waals surface area contributed by atoms with Crippen molar-refractivity contribution in [2.75, 3.05) is 18.0 Å². The molecule has 27 heavy (non-hydrogen) atoms. The molecule has 7 heteroatoms. The first-order valence-corrected chi connectivity index (χ1v) is 10.0. The van der Waals surface area contributed by atoms with Crippen LogP contribution in [0.4, 0.5) is 5.82 Å². The lowest BCUT2D eigenvalue weighted by atomic mass is 10.1. The summed E-state index contributed by atoms with van der Waals surface area (Å²) in [5.74, 6) is 0.611. The van der Waals surface area contributed by atoms with Gasteiger partial charge in [-0.25, -0.2) is 4.98 Å². The molecule has 1 aliphatic rings. The van der Waals surface area contributed by atoms with Gasteiger partial charge < -0.3 is 10.2 Å². The van der Waals surface area contributed by atoms with E-state index in [1.165, 1.54) is 19.3 Å². The molecule has 1 aromatic carbocycles. The van der Waals surface area contributed by atoms with Crippen LogP contribution in [-0.4, -0.2) is 34.2 Å². The number of thiazole rings is 1. The Morgan fingerprint density at radius 3 is 2.59 bits per heavy atom. The van der Waals surface area contributed by atoms with Crippen LogP contribution in [0.3, 0.4) is 0 Å². The number of piperidine rings is 1. The van der Waals surface area contributed by atoms with Crippen LogP contribution >= 0.6 is 11.3 Å². The molecule has 0 radical (unpaired) electrons. The predicted octanol–water partition coefficient (Wildman–Crippen LogP) is 3.52. The molecule has 0 bridgehead atoms. The van der Waals surface area contributed by atoms with Crippen molar-refractivity contribution < 1.29 is 4.79 Å². The fourth-order valence-corrected chi connectivity index (χ4v) is 3.93. The Labute approximate surface area is 162 Å². The zero-order chi connectivity index (χ0) is 18.5. The molecule has 4 rings (SSSR count). The third kappa shape index (κ3) is 4.31. The normalized spacial score (nSPS) is 14.1. The minimum absolute atomic E-state index is 0.234. The van der Waals surface area contributed by atoms with Crippen LogP contribution in [0.1, 0.15) is 35.4 Å². The average Bonchev–Trinajstić information content (AvgIpc) is 3.22. The Bertz CT molecular complexity index is 888. The Morgan fingerprint density at radius 1 is 1.04 bits per heavy atom. The van der Waals surface area contributed by atoms with Gasteiger partial charge in [0, 0.05) is 24.0 Å². The van der Waals surface area contributed by atoms with E-state index in [4.69, 9.17) is 0 Å². The van der Waals surface area contributed by atoms with Gasteiger partial charge in [0.1, 0.15) is 5.01 Å². The first kappa shape index (κ1) is 17.6. The molecule has 1 N–H and O–H groups in total. The number of hydrogen-bond acceptors (Lipinski definition) is 6. The number of amides is 1. The highest BCUT2D eigenvalue weighted by atomic mass is 32.1. The summed E-state index contributed by atoms with van der Waals surface area (Å²) in [5.41, 5.74) is 2.25. The molecule has 0 unspecified atom stereocenters. The van der Waals surface area contributed by atoms with Gasteiger partial charge >= 0.3 is 0 Å². The number of anilines is 1. The van der Waals surface area contributed by atoms with Gasteiger partial charge in [0.25, 0.3) is 5.91 Å². The third-order valence-electron chi connectivity index (χ3n) is 4.57. The maximum absolute atomic E-state index is 12.3. The van der Waals surface area contributed by atoms with Gasteiger partial charge in [0.15, 0.2) is 11.5 Å². The van der Waals surface area contributed by atoms with Crippen molar-refractivity contribution >= 4 is 23.1 Å². The molecule has 3 heterocycles. The van der Waals surface area contributed by atoms with E-state index in [1.807, 2.05) is 41.8 Å². The number of carbonyl (C=O) groups excluding carboxylic acids is 1. The number of rotatable bonds is 5. The van der Waals surface area contributed by atoms with Crippen molar-refractivity contribution in [1.82, 2.24) is 20.5 Å². The molecule has 6 nitrogen and oxygen atoms in total. The monoisotopic (exact) mass is 379 g/mol. The molecule has 0 aliphatic carbocycles. The van der Waals surface area contributed by atoms with E-state index >= 15 is 0 Å². The second kappa shape index (κ2) is 8.26. The fourth-order valence-electron chi connectivity index (χ4n) is 3.10. The molecule has 1 saturated heterocycles. The first-order valence-electron chi connectivity index (χ1n) is 9.16. The quantitative estimate of drug-likeness (QED) is 0.734. The van der Waals surface area contributed by atoms with E-state index in [0.29, 0.717) is 12.2 Å². The standard InChI is InChI=1S/C20H21N5OS/c26-19(17-9-10-18(24-23-17)25-11-5-2-6-12-25)21-13-16-14-27-20(22-16)15-7-3-1-4-8-15/h1,3-4,7-10,14H,2,5-6,11-13H2,(H,21,26). The Kier molecular flexibility index (Phi) is 5.39. The van der Waals surface area contributed by atoms with E-state index in [1.54, 1.807) is 17.4 Å². The smallest absolute Gasteiger partial charge is 0.272 e. The van der Waals surface area contributed by atoms with Gasteiger partial charge in [-0.1, -0.05) is 30.3 Å². The van der Waals surface area contributed by atoms with Gasteiger partial charge in [-0.15, -0.1) is 21.5 Å². The van der Waals surface area contributed by atoms with E-state index in [2.05, 4.69) is 25.4 Å². The Balaban J connectivity index is 1.35. The third-order valence-corrected chi connectivity index (χ3v) is 5.51. The molecule has 0 atom stereocenters. The van der Waals surface area contributed by atoms with Crippen LogP contribution < -0.4 is 10.2 Å². The van der Waals surface area contributed by atoms with E-state index in [9.17, 15) is 4.79 Å². The lowest BCUT2D eigenvalue weighted by Gasteiger charge is -2.27. The summed E-state index contributed by atoms with van der Waals surface area (Å²) in [6.07, 6.45) is 3.64. The molecule has 138 valence electrons. The molecule has 1 fully saturated rings. The van der Waals surface area contributed by atoms with Gasteiger partial charge in [0.05, 0.1) is 12.2 Å². The first-order chi connectivity index (χ1) is 13.3. The number of benzene rings is 1. The number of carbonyl (C=O) groups is 1. The zero-order valence-electron chi connectivity index (χ0n) is 15.0. The van der Waals surface area contributed by atoms with Crippen LogP contribution in [0.5, 0.6) is 0 Å². The molecule has 0 saturated carbocycles. The molecule has 3 aromatic rings. The molecule has 2 aromatic heterocycles. The molecular weight excluding hydrogens is 358 g/mol. The van der Waals surface area contributed by atoms with Crippen LogP contribution in [0.25, 0.3) is 10.6 Å². The average molecular weight is 379 g/mol. The van der Waals surface area contributed by atoms with Gasteiger partial charge in [-0.2, -0.15) is 0 Å².